The lowest BCUT2D eigenvalue weighted by atomic mass is 10.3. The monoisotopic (exact) mass is 338 g/mol. The lowest BCUT2D eigenvalue weighted by molar-refractivity contribution is 0.178. The van der Waals surface area contributed by atoms with Crippen LogP contribution in [0.15, 0.2) is 28.7 Å². The van der Waals surface area contributed by atoms with Crippen LogP contribution in [0, 0.1) is 0 Å². The predicted octanol–water partition coefficient (Wildman–Crippen LogP) is 2.72. The van der Waals surface area contributed by atoms with Gasteiger partial charge in [0.1, 0.15) is 24.0 Å². The molecule has 0 aliphatic rings. The molecule has 2 rings (SSSR count). The fourth-order valence-corrected chi connectivity index (χ4v) is 2.21. The summed E-state index contributed by atoms with van der Waals surface area (Å²) >= 11 is 3.43. The van der Waals surface area contributed by atoms with Gasteiger partial charge in [-0.15, -0.1) is 0 Å². The number of ether oxygens (including phenoxy) is 2. The van der Waals surface area contributed by atoms with Crippen LogP contribution in [0.5, 0.6) is 5.75 Å². The molecule has 6 nitrogen and oxygen atoms in total. The molecule has 0 bridgehead atoms. The van der Waals surface area contributed by atoms with Crippen molar-refractivity contribution in [3.05, 3.63) is 34.6 Å². The molecule has 0 saturated heterocycles. The van der Waals surface area contributed by atoms with Gasteiger partial charge in [0.05, 0.1) is 11.6 Å². The summed E-state index contributed by atoms with van der Waals surface area (Å²) in [6.45, 7) is 0.312. The number of rotatable bonds is 5. The van der Waals surface area contributed by atoms with Crippen LogP contribution in [0.4, 0.5) is 17.3 Å². The van der Waals surface area contributed by atoms with Crippen LogP contribution in [-0.4, -0.2) is 24.2 Å². The number of nitrogens with one attached hydrogen (secondary N) is 1. The third kappa shape index (κ3) is 3.58. The van der Waals surface area contributed by atoms with Crippen molar-refractivity contribution >= 4 is 33.3 Å². The number of methoxy groups -OCH3 is 2. The Hall–Kier alpha value is -1.86. The molecule has 0 spiro atoms. The lowest BCUT2D eigenvalue weighted by Gasteiger charge is -2.10. The van der Waals surface area contributed by atoms with E-state index in [2.05, 4.69) is 31.2 Å². The number of nitrogen functional groups attached to an aromatic ring is 1. The van der Waals surface area contributed by atoms with Gasteiger partial charge in [-0.3, -0.25) is 0 Å². The van der Waals surface area contributed by atoms with Crippen LogP contribution < -0.4 is 15.8 Å². The van der Waals surface area contributed by atoms with Crippen LogP contribution >= 0.6 is 15.9 Å². The van der Waals surface area contributed by atoms with Gasteiger partial charge in [-0.1, -0.05) is 0 Å². The first-order chi connectivity index (χ1) is 9.62. The fourth-order valence-electron chi connectivity index (χ4n) is 1.67. The number of aromatic nitrogens is 2. The van der Waals surface area contributed by atoms with E-state index in [1.807, 2.05) is 18.2 Å². The summed E-state index contributed by atoms with van der Waals surface area (Å²) in [4.78, 5) is 8.40. The Kier molecular flexibility index (Phi) is 4.75. The smallest absolute Gasteiger partial charge is 0.158 e. The number of nitrogens with zero attached hydrogens (tertiary/aromatic N) is 2. The second kappa shape index (κ2) is 6.53. The van der Waals surface area contributed by atoms with Gasteiger partial charge < -0.3 is 20.5 Å². The maximum Gasteiger partial charge on any atom is 0.158 e. The minimum atomic E-state index is 0.312. The third-order valence-corrected chi connectivity index (χ3v) is 3.11. The normalized spacial score (nSPS) is 10.3. The largest absolute Gasteiger partial charge is 0.496 e. The zero-order valence-electron chi connectivity index (χ0n) is 11.2. The molecule has 0 saturated carbocycles. The van der Waals surface area contributed by atoms with E-state index in [9.17, 15) is 0 Å². The molecule has 0 unspecified atom stereocenters. The van der Waals surface area contributed by atoms with E-state index in [1.54, 1.807) is 20.3 Å². The molecule has 0 radical (unpaired) electrons. The molecule has 1 aromatic heterocycles. The Morgan fingerprint density at radius 3 is 2.70 bits per heavy atom. The van der Waals surface area contributed by atoms with Gasteiger partial charge in [-0.25, -0.2) is 9.97 Å². The number of hydrogen-bond donors (Lipinski definition) is 2. The first-order valence-corrected chi connectivity index (χ1v) is 6.64. The molecule has 0 atom stereocenters. The molecule has 3 N–H and O–H groups in total. The van der Waals surface area contributed by atoms with Crippen molar-refractivity contribution < 1.29 is 9.47 Å². The van der Waals surface area contributed by atoms with E-state index in [1.165, 1.54) is 0 Å². The Bertz CT molecular complexity index is 607. The van der Waals surface area contributed by atoms with Crippen molar-refractivity contribution in [1.29, 1.82) is 0 Å². The highest BCUT2D eigenvalue weighted by Gasteiger charge is 2.05. The van der Waals surface area contributed by atoms with Crippen LogP contribution in [0.25, 0.3) is 0 Å². The summed E-state index contributed by atoms with van der Waals surface area (Å²) in [5, 5.41) is 3.16. The maximum atomic E-state index is 5.74. The molecular formula is C13H15BrN4O2. The standard InChI is InChI=1S/C13H15BrN4O2/c1-19-7-13-17-11(15)6-12(18-13)16-8-3-4-10(20-2)9(14)5-8/h3-6H,7H2,1-2H3,(H3,15,16,17,18). The van der Waals surface area contributed by atoms with Gasteiger partial charge in [0.2, 0.25) is 0 Å². The molecule has 7 heteroatoms. The van der Waals surface area contributed by atoms with Gasteiger partial charge in [-0.05, 0) is 34.1 Å². The summed E-state index contributed by atoms with van der Waals surface area (Å²) in [5.74, 6) is 2.30. The van der Waals surface area contributed by atoms with Gasteiger partial charge in [0, 0.05) is 18.9 Å². The van der Waals surface area contributed by atoms with Crippen LogP contribution in [0.2, 0.25) is 0 Å². The second-order valence-corrected chi connectivity index (χ2v) is 4.86. The third-order valence-electron chi connectivity index (χ3n) is 2.49. The van der Waals surface area contributed by atoms with Crippen molar-refractivity contribution in [2.24, 2.45) is 0 Å². The summed E-state index contributed by atoms with van der Waals surface area (Å²) in [5.41, 5.74) is 6.60. The predicted molar refractivity (Wildman–Crippen MR) is 81.1 cm³/mol. The highest BCUT2D eigenvalue weighted by atomic mass is 79.9. The Morgan fingerprint density at radius 2 is 2.05 bits per heavy atom. The molecule has 0 aliphatic heterocycles. The summed E-state index contributed by atoms with van der Waals surface area (Å²) in [6.07, 6.45) is 0. The zero-order valence-corrected chi connectivity index (χ0v) is 12.8. The Balaban J connectivity index is 2.23. The van der Waals surface area contributed by atoms with Gasteiger partial charge in [0.15, 0.2) is 5.82 Å². The van der Waals surface area contributed by atoms with Gasteiger partial charge >= 0.3 is 0 Å². The topological polar surface area (TPSA) is 82.3 Å². The molecule has 106 valence electrons. The number of anilines is 3. The van der Waals surface area contributed by atoms with E-state index in [4.69, 9.17) is 15.2 Å². The van der Waals surface area contributed by atoms with Crippen molar-refractivity contribution in [1.82, 2.24) is 9.97 Å². The van der Waals surface area contributed by atoms with Gasteiger partial charge in [0.25, 0.3) is 0 Å². The number of hydrogen-bond acceptors (Lipinski definition) is 6. The molecular weight excluding hydrogens is 324 g/mol. The Labute approximate surface area is 125 Å². The molecule has 20 heavy (non-hydrogen) atoms. The zero-order chi connectivity index (χ0) is 14.5. The van der Waals surface area contributed by atoms with Crippen molar-refractivity contribution in [3.8, 4) is 5.75 Å². The fraction of sp³-hybridized carbons (Fsp3) is 0.231. The van der Waals surface area contributed by atoms with E-state index in [0.29, 0.717) is 24.1 Å². The van der Waals surface area contributed by atoms with Crippen LogP contribution in [0.1, 0.15) is 5.82 Å². The number of benzene rings is 1. The van der Waals surface area contributed by atoms with Crippen LogP contribution in [-0.2, 0) is 11.3 Å². The second-order valence-electron chi connectivity index (χ2n) is 4.00. The van der Waals surface area contributed by atoms with Crippen molar-refractivity contribution in [2.45, 2.75) is 6.61 Å². The van der Waals surface area contributed by atoms with E-state index in [-0.39, 0.29) is 0 Å². The summed E-state index contributed by atoms with van der Waals surface area (Å²) < 4.78 is 11.0. The lowest BCUT2D eigenvalue weighted by Crippen LogP contribution is -2.04. The summed E-state index contributed by atoms with van der Waals surface area (Å²) in [7, 11) is 3.20. The SMILES string of the molecule is COCc1nc(N)cc(Nc2ccc(OC)c(Br)c2)n1. The quantitative estimate of drug-likeness (QED) is 0.872. The highest BCUT2D eigenvalue weighted by molar-refractivity contribution is 9.10. The van der Waals surface area contributed by atoms with E-state index >= 15 is 0 Å². The minimum absolute atomic E-state index is 0.312. The Morgan fingerprint density at radius 1 is 1.25 bits per heavy atom. The van der Waals surface area contributed by atoms with Crippen molar-refractivity contribution in [3.63, 3.8) is 0 Å². The molecule has 2 aromatic rings. The molecule has 1 heterocycles. The molecule has 0 aliphatic carbocycles. The highest BCUT2D eigenvalue weighted by Crippen LogP contribution is 2.29. The average Bonchev–Trinajstić information content (AvgIpc) is 2.38. The molecule has 0 amide bonds. The minimum Gasteiger partial charge on any atom is -0.496 e. The number of nitrogens with two attached hydrogens (primary N) is 1. The average molecular weight is 339 g/mol. The van der Waals surface area contributed by atoms with E-state index < -0.39 is 0 Å². The maximum absolute atomic E-state index is 5.74. The van der Waals surface area contributed by atoms with Gasteiger partial charge in [-0.2, -0.15) is 0 Å². The first-order valence-electron chi connectivity index (χ1n) is 5.85. The molecule has 0 fully saturated rings. The summed E-state index contributed by atoms with van der Waals surface area (Å²) in [6, 6.07) is 7.30. The van der Waals surface area contributed by atoms with E-state index in [0.717, 1.165) is 15.9 Å². The first kappa shape index (κ1) is 14.5. The van der Waals surface area contributed by atoms with Crippen LogP contribution in [0.3, 0.4) is 0 Å². The molecule has 1 aromatic carbocycles. The number of halogens is 1. The van der Waals surface area contributed by atoms with Crippen molar-refractivity contribution in [2.75, 3.05) is 25.3 Å².